The Morgan fingerprint density at radius 1 is 1.19 bits per heavy atom. The van der Waals surface area contributed by atoms with Crippen LogP contribution in [0.3, 0.4) is 0 Å². The molecule has 0 heterocycles. The van der Waals surface area contributed by atoms with E-state index in [1.807, 2.05) is 30.3 Å². The molecule has 1 aliphatic rings. The van der Waals surface area contributed by atoms with Gasteiger partial charge in [-0.25, -0.2) is 0 Å². The molecule has 4 atom stereocenters. The first kappa shape index (κ1) is 25.7. The highest BCUT2D eigenvalue weighted by molar-refractivity contribution is 6.74. The van der Waals surface area contributed by atoms with Gasteiger partial charge in [-0.05, 0) is 55.3 Å². The summed E-state index contributed by atoms with van der Waals surface area (Å²) in [5.41, 5.74) is 1.09. The Morgan fingerprint density at radius 3 is 2.35 bits per heavy atom. The lowest BCUT2D eigenvalue weighted by molar-refractivity contribution is -0.145. The fraction of sp³-hybridized carbons (Fsp3) is 0.667. The molecule has 1 aliphatic carbocycles. The molecule has 2 unspecified atom stereocenters. The molecule has 1 amide bonds. The number of aliphatic carboxylic acids is 1. The first-order valence-corrected chi connectivity index (χ1v) is 14.3. The van der Waals surface area contributed by atoms with Gasteiger partial charge in [-0.3, -0.25) is 9.59 Å². The van der Waals surface area contributed by atoms with Crippen LogP contribution in [0.1, 0.15) is 58.4 Å². The number of hydrogen-bond acceptors (Lipinski definition) is 3. The minimum atomic E-state index is -2.17. The summed E-state index contributed by atoms with van der Waals surface area (Å²) in [6.45, 7) is 10.9. The van der Waals surface area contributed by atoms with Crippen LogP contribution in [0.4, 0.5) is 4.79 Å². The van der Waals surface area contributed by atoms with Gasteiger partial charge in [0.1, 0.15) is 0 Å². The van der Waals surface area contributed by atoms with Gasteiger partial charge in [0.25, 0.3) is 0 Å². The van der Waals surface area contributed by atoms with Gasteiger partial charge in [0, 0.05) is 0 Å². The van der Waals surface area contributed by atoms with E-state index in [4.69, 9.17) is 12.3 Å². The van der Waals surface area contributed by atoms with Crippen LogP contribution >= 0.6 is 0 Å². The van der Waals surface area contributed by atoms with Gasteiger partial charge in [-0.15, -0.1) is 0 Å². The predicted octanol–water partition coefficient (Wildman–Crippen LogP) is 5.15. The van der Waals surface area contributed by atoms with Gasteiger partial charge >= 0.3 is 5.97 Å². The second kappa shape index (κ2) is 10.8. The number of nitrogens with one attached hydrogen (secondary N) is 1. The van der Waals surface area contributed by atoms with E-state index in [0.29, 0.717) is 19.3 Å². The molecule has 170 valence electrons. The summed E-state index contributed by atoms with van der Waals surface area (Å²) in [6, 6.07) is 9.65. The summed E-state index contributed by atoms with van der Waals surface area (Å²) >= 11 is 0. The van der Waals surface area contributed by atoms with Crippen LogP contribution < -0.4 is 5.32 Å². The van der Waals surface area contributed by atoms with E-state index >= 15 is 0 Å². The molecule has 1 aromatic rings. The zero-order chi connectivity index (χ0) is 23.2. The lowest BCUT2D eigenvalue weighted by Crippen LogP contribution is -2.53. The quantitative estimate of drug-likeness (QED) is 0.518. The molecule has 2 radical (unpaired) electrons. The van der Waals surface area contributed by atoms with Crippen molar-refractivity contribution in [1.29, 1.82) is 0 Å². The van der Waals surface area contributed by atoms with Gasteiger partial charge in [0.2, 0.25) is 7.85 Å². The van der Waals surface area contributed by atoms with E-state index < -0.39 is 20.1 Å². The van der Waals surface area contributed by atoms with Crippen molar-refractivity contribution in [1.82, 2.24) is 5.32 Å². The number of carboxylic acid groups (broad SMARTS) is 1. The average molecular weight is 443 g/mol. The molecule has 1 fully saturated rings. The van der Waals surface area contributed by atoms with Crippen molar-refractivity contribution < 1.29 is 19.1 Å². The molecule has 0 aliphatic heterocycles. The molecule has 5 nitrogen and oxygen atoms in total. The molecule has 31 heavy (non-hydrogen) atoms. The average Bonchev–Trinajstić information content (AvgIpc) is 2.66. The minimum Gasteiger partial charge on any atom is -0.481 e. The standard InChI is InChI=1S/C24H38BNO4Si/c1-24(2,3)31(4,5)30-21(16-18-13-9-10-14-19(18)22(27)28)20(26-23(25)29)15-17-11-7-6-8-12-17/h6-8,11-12,18-21H,9-10,13-16H2,1-5H3,(H,26,29)(H,27,28)/t18?,19-,20+,21?/m0/s1. The van der Waals surface area contributed by atoms with Gasteiger partial charge in [0.15, 0.2) is 14.1 Å². The molecule has 0 bridgehead atoms. The van der Waals surface area contributed by atoms with Crippen LogP contribution in [-0.2, 0) is 15.6 Å². The maximum Gasteiger partial charge on any atom is 0.306 e. The Morgan fingerprint density at radius 2 is 1.81 bits per heavy atom. The van der Waals surface area contributed by atoms with Gasteiger partial charge in [0.05, 0.1) is 18.1 Å². The maximum absolute atomic E-state index is 11.9. The molecule has 0 aromatic heterocycles. The predicted molar refractivity (Wildman–Crippen MR) is 128 cm³/mol. The molecule has 0 spiro atoms. The number of carbonyl (C=O) groups excluding carboxylic acids is 1. The van der Waals surface area contributed by atoms with Crippen molar-refractivity contribution in [2.45, 2.75) is 89.6 Å². The molecule has 7 heteroatoms. The topological polar surface area (TPSA) is 75.6 Å². The molecule has 0 saturated heterocycles. The van der Waals surface area contributed by atoms with E-state index in [0.717, 1.165) is 24.8 Å². The number of carboxylic acids is 1. The highest BCUT2D eigenvalue weighted by atomic mass is 28.4. The van der Waals surface area contributed by atoms with E-state index in [9.17, 15) is 14.7 Å². The monoisotopic (exact) mass is 443 g/mol. The Kier molecular flexibility index (Phi) is 8.95. The SMILES string of the molecule is [B]C(=O)N[C@H](Cc1ccccc1)C(CC1CCCC[C@@H]1C(=O)O)O[Si](C)(C)C(C)(C)C. The fourth-order valence-electron chi connectivity index (χ4n) is 4.29. The third-order valence-electron chi connectivity index (χ3n) is 7.09. The molecule has 1 saturated carbocycles. The number of amides is 1. The van der Waals surface area contributed by atoms with Gasteiger partial charge < -0.3 is 14.8 Å². The zero-order valence-electron chi connectivity index (χ0n) is 19.7. The summed E-state index contributed by atoms with van der Waals surface area (Å²) in [6.07, 6.45) is 4.48. The van der Waals surface area contributed by atoms with Gasteiger partial charge in [-0.2, -0.15) is 0 Å². The van der Waals surface area contributed by atoms with E-state index in [2.05, 4.69) is 39.2 Å². The minimum absolute atomic E-state index is 0.00592. The van der Waals surface area contributed by atoms with E-state index in [1.54, 1.807) is 0 Å². The lowest BCUT2D eigenvalue weighted by atomic mass is 9.75. The summed E-state index contributed by atoms with van der Waals surface area (Å²) in [4.78, 5) is 23.8. The fourth-order valence-corrected chi connectivity index (χ4v) is 5.66. The van der Waals surface area contributed by atoms with Crippen molar-refractivity contribution in [2.24, 2.45) is 11.8 Å². The number of rotatable bonds is 9. The van der Waals surface area contributed by atoms with Crippen molar-refractivity contribution in [2.75, 3.05) is 0 Å². The van der Waals surface area contributed by atoms with Crippen molar-refractivity contribution in [3.63, 3.8) is 0 Å². The Hall–Kier alpha value is -1.60. The smallest absolute Gasteiger partial charge is 0.306 e. The number of hydrogen-bond donors (Lipinski definition) is 2. The van der Waals surface area contributed by atoms with Crippen LogP contribution in [0.15, 0.2) is 30.3 Å². The van der Waals surface area contributed by atoms with Crippen LogP contribution in [0, 0.1) is 11.8 Å². The lowest BCUT2D eigenvalue weighted by Gasteiger charge is -2.43. The first-order chi connectivity index (χ1) is 14.4. The maximum atomic E-state index is 11.9. The van der Waals surface area contributed by atoms with E-state index in [1.165, 1.54) is 0 Å². The van der Waals surface area contributed by atoms with Crippen LogP contribution in [0.5, 0.6) is 0 Å². The Labute approximate surface area is 189 Å². The molecular weight excluding hydrogens is 405 g/mol. The van der Waals surface area contributed by atoms with Crippen LogP contribution in [-0.4, -0.2) is 45.2 Å². The van der Waals surface area contributed by atoms with Crippen molar-refractivity contribution >= 4 is 27.9 Å². The largest absolute Gasteiger partial charge is 0.481 e. The number of carbonyl (C=O) groups is 2. The summed E-state index contributed by atoms with van der Waals surface area (Å²) in [5, 5.41) is 12.7. The summed E-state index contributed by atoms with van der Waals surface area (Å²) in [5.74, 6) is -1.62. The molecular formula is C24H38BNO4Si. The van der Waals surface area contributed by atoms with Crippen LogP contribution in [0.25, 0.3) is 0 Å². The third-order valence-corrected chi connectivity index (χ3v) is 11.6. The zero-order valence-corrected chi connectivity index (χ0v) is 20.7. The van der Waals surface area contributed by atoms with Crippen molar-refractivity contribution in [3.05, 3.63) is 35.9 Å². The Balaban J connectivity index is 2.36. The van der Waals surface area contributed by atoms with E-state index in [-0.39, 0.29) is 29.0 Å². The second-order valence-electron chi connectivity index (χ2n) is 10.4. The first-order valence-electron chi connectivity index (χ1n) is 11.4. The van der Waals surface area contributed by atoms with Crippen molar-refractivity contribution in [3.8, 4) is 0 Å². The van der Waals surface area contributed by atoms with Gasteiger partial charge in [-0.1, -0.05) is 63.9 Å². The molecule has 2 rings (SSSR count). The highest BCUT2D eigenvalue weighted by Crippen LogP contribution is 2.40. The number of benzene rings is 1. The summed E-state index contributed by atoms with van der Waals surface area (Å²) < 4.78 is 6.84. The highest BCUT2D eigenvalue weighted by Gasteiger charge is 2.43. The normalized spacial score (nSPS) is 21.8. The third kappa shape index (κ3) is 7.49. The second-order valence-corrected chi connectivity index (χ2v) is 15.2. The molecule has 1 aromatic carbocycles. The Bertz CT molecular complexity index is 735. The molecule has 2 N–H and O–H groups in total. The summed E-state index contributed by atoms with van der Waals surface area (Å²) in [7, 11) is 3.38. The van der Waals surface area contributed by atoms with Crippen LogP contribution in [0.2, 0.25) is 18.1 Å².